The minimum atomic E-state index is 0.902. The van der Waals surface area contributed by atoms with Crippen LogP contribution in [0.5, 0.6) is 0 Å². The van der Waals surface area contributed by atoms with Crippen molar-refractivity contribution < 1.29 is 4.42 Å². The Labute approximate surface area is 241 Å². The Morgan fingerprint density at radius 1 is 0.476 bits per heavy atom. The third kappa shape index (κ3) is 3.49. The molecule has 4 heteroatoms. The van der Waals surface area contributed by atoms with Crippen molar-refractivity contribution in [2.45, 2.75) is 0 Å². The lowest BCUT2D eigenvalue weighted by molar-refractivity contribution is 0.669. The van der Waals surface area contributed by atoms with E-state index in [1.807, 2.05) is 36.4 Å². The van der Waals surface area contributed by atoms with E-state index in [4.69, 9.17) is 14.4 Å². The van der Waals surface area contributed by atoms with Gasteiger partial charge >= 0.3 is 0 Å². The lowest BCUT2D eigenvalue weighted by Crippen LogP contribution is -1.92. The van der Waals surface area contributed by atoms with Gasteiger partial charge in [-0.25, -0.2) is 9.97 Å². The van der Waals surface area contributed by atoms with Gasteiger partial charge in [0.05, 0.1) is 16.7 Å². The van der Waals surface area contributed by atoms with E-state index in [-0.39, 0.29) is 0 Å². The summed E-state index contributed by atoms with van der Waals surface area (Å²) >= 11 is 0. The van der Waals surface area contributed by atoms with E-state index in [0.29, 0.717) is 0 Å². The molecule has 0 radical (unpaired) electrons. The molecule has 0 aliphatic rings. The molecular formula is C38H23N3O. The number of rotatable bonds is 3. The smallest absolute Gasteiger partial charge is 0.137 e. The number of benzene rings is 5. The molecule has 0 bridgehead atoms. The lowest BCUT2D eigenvalue weighted by Gasteiger charge is -2.10. The van der Waals surface area contributed by atoms with Gasteiger partial charge in [0, 0.05) is 27.9 Å². The predicted octanol–water partition coefficient (Wildman–Crippen LogP) is 9.94. The van der Waals surface area contributed by atoms with Crippen LogP contribution in [0, 0.1) is 0 Å². The summed E-state index contributed by atoms with van der Waals surface area (Å²) in [6.45, 7) is 0. The van der Waals surface area contributed by atoms with Crippen LogP contribution in [0.2, 0.25) is 0 Å². The molecule has 0 amide bonds. The van der Waals surface area contributed by atoms with Gasteiger partial charge in [-0.05, 0) is 70.8 Å². The number of fused-ring (bicyclic) bond motifs is 8. The first-order valence-electron chi connectivity index (χ1n) is 14.1. The number of hydrogen-bond acceptors (Lipinski definition) is 3. The maximum absolute atomic E-state index is 6.17. The number of pyridine rings is 2. The van der Waals surface area contributed by atoms with E-state index in [9.17, 15) is 0 Å². The SMILES string of the molecule is c1ccc(-c2nc3ccc(-c4cccc(-c5ccc6c(c5)oc5ccccc56)c4)cc3c3nc4ccccn4c23)cc1. The highest BCUT2D eigenvalue weighted by molar-refractivity contribution is 6.10. The fraction of sp³-hybridized carbons (Fsp3) is 0. The van der Waals surface area contributed by atoms with Crippen molar-refractivity contribution in [2.75, 3.05) is 0 Å². The number of para-hydroxylation sites is 1. The van der Waals surface area contributed by atoms with Gasteiger partial charge in [-0.15, -0.1) is 0 Å². The normalized spacial score (nSPS) is 11.8. The van der Waals surface area contributed by atoms with Crippen molar-refractivity contribution in [3.63, 3.8) is 0 Å². The fourth-order valence-corrected chi connectivity index (χ4v) is 6.17. The molecule has 0 N–H and O–H groups in total. The molecule has 5 aromatic carbocycles. The van der Waals surface area contributed by atoms with Crippen molar-refractivity contribution in [3.8, 4) is 33.5 Å². The summed E-state index contributed by atoms with van der Waals surface area (Å²) in [5, 5.41) is 3.32. The Balaban J connectivity index is 1.21. The molecule has 9 aromatic rings. The predicted molar refractivity (Wildman–Crippen MR) is 172 cm³/mol. The minimum absolute atomic E-state index is 0.902. The van der Waals surface area contributed by atoms with E-state index in [1.54, 1.807) is 0 Å². The van der Waals surface area contributed by atoms with Gasteiger partial charge in [0.2, 0.25) is 0 Å². The van der Waals surface area contributed by atoms with E-state index < -0.39 is 0 Å². The molecule has 4 heterocycles. The Bertz CT molecular complexity index is 2470. The topological polar surface area (TPSA) is 43.3 Å². The van der Waals surface area contributed by atoms with Crippen LogP contribution >= 0.6 is 0 Å². The highest BCUT2D eigenvalue weighted by Crippen LogP contribution is 2.37. The lowest BCUT2D eigenvalue weighted by atomic mass is 9.97. The molecule has 0 fully saturated rings. The Kier molecular flexibility index (Phi) is 4.87. The van der Waals surface area contributed by atoms with Crippen molar-refractivity contribution in [1.29, 1.82) is 0 Å². The van der Waals surface area contributed by atoms with Gasteiger partial charge in [-0.1, -0.05) is 84.9 Å². The van der Waals surface area contributed by atoms with Gasteiger partial charge in [-0.2, -0.15) is 0 Å². The molecule has 0 atom stereocenters. The Hall–Kier alpha value is -5.74. The summed E-state index contributed by atoms with van der Waals surface area (Å²) in [5.41, 5.74) is 12.2. The minimum Gasteiger partial charge on any atom is -0.456 e. The standard InChI is InChI=1S/C38H23N3O/c1-2-9-24(10-3-1)36-38-37(40-35-15-6-7-20-41(35)38)31-22-27(17-19-32(31)39-36)25-11-8-12-26(21-25)28-16-18-30-29-13-4-5-14-33(29)42-34(30)23-28/h1-23H. The van der Waals surface area contributed by atoms with Crippen LogP contribution in [-0.4, -0.2) is 14.4 Å². The molecule has 4 aromatic heterocycles. The fourth-order valence-electron chi connectivity index (χ4n) is 6.17. The quantitative estimate of drug-likeness (QED) is 0.225. The second-order valence-electron chi connectivity index (χ2n) is 10.7. The summed E-state index contributed by atoms with van der Waals surface area (Å²) in [7, 11) is 0. The molecule has 0 unspecified atom stereocenters. The highest BCUT2D eigenvalue weighted by atomic mass is 16.3. The average molecular weight is 538 g/mol. The van der Waals surface area contributed by atoms with Crippen LogP contribution in [0.25, 0.3) is 83.0 Å². The Morgan fingerprint density at radius 2 is 1.19 bits per heavy atom. The third-order valence-corrected chi connectivity index (χ3v) is 8.19. The molecule has 0 saturated carbocycles. The molecule has 4 nitrogen and oxygen atoms in total. The monoisotopic (exact) mass is 537 g/mol. The van der Waals surface area contributed by atoms with Gasteiger partial charge in [0.1, 0.15) is 22.3 Å². The van der Waals surface area contributed by atoms with Crippen LogP contribution in [0.4, 0.5) is 0 Å². The number of aromatic nitrogens is 3. The number of nitrogens with zero attached hydrogens (tertiary/aromatic N) is 3. The number of imidazole rings is 1. The molecule has 0 spiro atoms. The second kappa shape index (κ2) is 8.88. The highest BCUT2D eigenvalue weighted by Gasteiger charge is 2.17. The number of furan rings is 1. The molecular weight excluding hydrogens is 514 g/mol. The van der Waals surface area contributed by atoms with Gasteiger partial charge < -0.3 is 4.42 Å². The van der Waals surface area contributed by atoms with Gasteiger partial charge in [0.25, 0.3) is 0 Å². The van der Waals surface area contributed by atoms with Gasteiger partial charge in [-0.3, -0.25) is 4.40 Å². The Morgan fingerprint density at radius 3 is 2.10 bits per heavy atom. The third-order valence-electron chi connectivity index (χ3n) is 8.19. The summed E-state index contributed by atoms with van der Waals surface area (Å²) < 4.78 is 8.31. The molecule has 196 valence electrons. The van der Waals surface area contributed by atoms with Crippen LogP contribution in [-0.2, 0) is 0 Å². The van der Waals surface area contributed by atoms with Crippen molar-refractivity contribution >= 4 is 49.5 Å². The first kappa shape index (κ1) is 23.0. The van der Waals surface area contributed by atoms with Crippen molar-refractivity contribution in [2.24, 2.45) is 0 Å². The largest absolute Gasteiger partial charge is 0.456 e. The maximum atomic E-state index is 6.17. The van der Waals surface area contributed by atoms with E-state index in [0.717, 1.165) is 83.0 Å². The summed E-state index contributed by atoms with van der Waals surface area (Å²) in [6, 6.07) is 46.3. The maximum Gasteiger partial charge on any atom is 0.137 e. The van der Waals surface area contributed by atoms with Crippen molar-refractivity contribution in [3.05, 3.63) is 140 Å². The molecule has 42 heavy (non-hydrogen) atoms. The molecule has 0 saturated heterocycles. The zero-order valence-electron chi connectivity index (χ0n) is 22.5. The number of hydrogen-bond donors (Lipinski definition) is 0. The van der Waals surface area contributed by atoms with Crippen LogP contribution in [0.15, 0.2) is 144 Å². The van der Waals surface area contributed by atoms with E-state index >= 15 is 0 Å². The van der Waals surface area contributed by atoms with Gasteiger partial charge in [0.15, 0.2) is 0 Å². The molecule has 0 aliphatic heterocycles. The zero-order valence-corrected chi connectivity index (χ0v) is 22.5. The molecule has 9 rings (SSSR count). The van der Waals surface area contributed by atoms with Crippen molar-refractivity contribution in [1.82, 2.24) is 14.4 Å². The molecule has 0 aliphatic carbocycles. The van der Waals surface area contributed by atoms with Crippen LogP contribution in [0.1, 0.15) is 0 Å². The average Bonchev–Trinajstić information content (AvgIpc) is 3.63. The first-order valence-corrected chi connectivity index (χ1v) is 14.1. The summed E-state index contributed by atoms with van der Waals surface area (Å²) in [5.74, 6) is 0. The second-order valence-corrected chi connectivity index (χ2v) is 10.7. The van der Waals surface area contributed by atoms with Crippen LogP contribution < -0.4 is 0 Å². The summed E-state index contributed by atoms with van der Waals surface area (Å²) in [6.07, 6.45) is 2.07. The van der Waals surface area contributed by atoms with E-state index in [2.05, 4.69) is 108 Å². The first-order chi connectivity index (χ1) is 20.8. The van der Waals surface area contributed by atoms with Crippen LogP contribution in [0.3, 0.4) is 0 Å². The summed E-state index contributed by atoms with van der Waals surface area (Å²) in [4.78, 5) is 10.3. The van der Waals surface area contributed by atoms with E-state index in [1.165, 1.54) is 0 Å². The zero-order chi connectivity index (χ0) is 27.6.